The highest BCUT2D eigenvalue weighted by molar-refractivity contribution is 5.74. The van der Waals surface area contributed by atoms with Crippen LogP contribution in [0.25, 0.3) is 11.4 Å². The molecule has 0 fully saturated rings. The maximum Gasteiger partial charge on any atom is 0.246 e. The Labute approximate surface area is 183 Å². The molecule has 1 heterocycles. The van der Waals surface area contributed by atoms with Crippen molar-refractivity contribution in [3.63, 3.8) is 0 Å². The van der Waals surface area contributed by atoms with Gasteiger partial charge in [-0.05, 0) is 29.8 Å². The molecule has 0 radical (unpaired) electrons. The van der Waals surface area contributed by atoms with Crippen molar-refractivity contribution in [3.8, 4) is 22.9 Å². The Kier molecular flexibility index (Phi) is 6.16. The number of methoxy groups -OCH3 is 2. The van der Waals surface area contributed by atoms with Gasteiger partial charge in [0.2, 0.25) is 5.95 Å². The van der Waals surface area contributed by atoms with Gasteiger partial charge < -0.3 is 20.1 Å². The number of aromatic amines is 1. The molecule has 32 heavy (non-hydrogen) atoms. The standard InChI is InChI=1S/C23H21F2N5O2/c1-31-16-10-15(11-17(12-16)32-2)27-23-28-22(29-30-23)18-5-3-4-6-21(18)26-13-14-7-8-19(24)20(25)9-14/h3-12,26H,13H2,1-2H3,(H2,27,28,29,30). The predicted molar refractivity (Wildman–Crippen MR) is 118 cm³/mol. The SMILES string of the molecule is COc1cc(Nc2n[nH]c(-c3ccccc3NCc3ccc(F)c(F)c3)n2)cc(OC)c1. The molecule has 0 saturated carbocycles. The number of nitrogens with one attached hydrogen (secondary N) is 3. The molecule has 0 saturated heterocycles. The second-order valence-electron chi connectivity index (χ2n) is 6.88. The lowest BCUT2D eigenvalue weighted by Crippen LogP contribution is -2.02. The first-order valence-corrected chi connectivity index (χ1v) is 9.75. The Morgan fingerprint density at radius 1 is 0.906 bits per heavy atom. The Hall–Kier alpha value is -4.14. The highest BCUT2D eigenvalue weighted by atomic mass is 19.2. The van der Waals surface area contributed by atoms with Crippen LogP contribution >= 0.6 is 0 Å². The van der Waals surface area contributed by atoms with Gasteiger partial charge in [0.05, 0.1) is 14.2 Å². The Balaban J connectivity index is 1.52. The maximum absolute atomic E-state index is 13.5. The third kappa shape index (κ3) is 4.77. The second-order valence-corrected chi connectivity index (χ2v) is 6.88. The summed E-state index contributed by atoms with van der Waals surface area (Å²) in [4.78, 5) is 4.52. The van der Waals surface area contributed by atoms with Crippen LogP contribution in [0.4, 0.5) is 26.1 Å². The summed E-state index contributed by atoms with van der Waals surface area (Å²) in [6.45, 7) is 0.317. The van der Waals surface area contributed by atoms with E-state index in [2.05, 4.69) is 25.8 Å². The molecule has 1 aromatic heterocycles. The third-order valence-corrected chi connectivity index (χ3v) is 4.74. The summed E-state index contributed by atoms with van der Waals surface area (Å²) < 4.78 is 37.2. The number of hydrogen-bond acceptors (Lipinski definition) is 6. The van der Waals surface area contributed by atoms with Crippen LogP contribution in [-0.4, -0.2) is 29.4 Å². The molecule has 164 valence electrons. The van der Waals surface area contributed by atoms with Crippen molar-refractivity contribution in [1.82, 2.24) is 15.2 Å². The van der Waals surface area contributed by atoms with Crippen molar-refractivity contribution in [1.29, 1.82) is 0 Å². The number of nitrogens with zero attached hydrogens (tertiary/aromatic N) is 2. The van der Waals surface area contributed by atoms with Gasteiger partial charge in [0.1, 0.15) is 11.5 Å². The number of hydrogen-bond donors (Lipinski definition) is 3. The molecule has 4 aromatic rings. The first-order valence-electron chi connectivity index (χ1n) is 9.75. The summed E-state index contributed by atoms with van der Waals surface area (Å²) in [6, 6.07) is 16.7. The zero-order chi connectivity index (χ0) is 22.5. The molecule has 0 spiro atoms. The maximum atomic E-state index is 13.5. The van der Waals surface area contributed by atoms with E-state index in [4.69, 9.17) is 9.47 Å². The largest absolute Gasteiger partial charge is 0.497 e. The summed E-state index contributed by atoms with van der Waals surface area (Å²) in [5.74, 6) is 0.424. The van der Waals surface area contributed by atoms with E-state index in [0.717, 1.165) is 17.3 Å². The lowest BCUT2D eigenvalue weighted by molar-refractivity contribution is 0.395. The van der Waals surface area contributed by atoms with E-state index in [1.807, 2.05) is 24.3 Å². The van der Waals surface area contributed by atoms with E-state index in [-0.39, 0.29) is 0 Å². The smallest absolute Gasteiger partial charge is 0.246 e. The summed E-state index contributed by atoms with van der Waals surface area (Å²) in [5, 5.41) is 13.5. The molecule has 9 heteroatoms. The first-order chi connectivity index (χ1) is 15.6. The molecule has 0 bridgehead atoms. The first kappa shape index (κ1) is 21.1. The fraction of sp³-hybridized carbons (Fsp3) is 0.130. The van der Waals surface area contributed by atoms with Gasteiger partial charge in [-0.1, -0.05) is 18.2 Å². The molecule has 0 amide bonds. The molecule has 0 aliphatic rings. The Morgan fingerprint density at radius 3 is 2.38 bits per heavy atom. The lowest BCUT2D eigenvalue weighted by atomic mass is 10.1. The minimum Gasteiger partial charge on any atom is -0.497 e. The van der Waals surface area contributed by atoms with Crippen molar-refractivity contribution in [2.24, 2.45) is 0 Å². The van der Waals surface area contributed by atoms with Gasteiger partial charge in [-0.25, -0.2) is 8.78 Å². The molecule has 0 atom stereocenters. The minimum atomic E-state index is -0.877. The van der Waals surface area contributed by atoms with Crippen LogP contribution in [-0.2, 0) is 6.54 Å². The Morgan fingerprint density at radius 2 is 1.66 bits per heavy atom. The summed E-state index contributed by atoms with van der Waals surface area (Å²) in [6.07, 6.45) is 0. The Bertz CT molecular complexity index is 1210. The van der Waals surface area contributed by atoms with Crippen molar-refractivity contribution in [2.75, 3.05) is 24.9 Å². The van der Waals surface area contributed by atoms with Crippen LogP contribution in [0, 0.1) is 11.6 Å². The van der Waals surface area contributed by atoms with Gasteiger partial charge in [-0.3, -0.25) is 5.10 Å². The van der Waals surface area contributed by atoms with E-state index in [1.165, 1.54) is 12.1 Å². The van der Waals surface area contributed by atoms with Crippen molar-refractivity contribution < 1.29 is 18.3 Å². The van der Waals surface area contributed by atoms with Crippen LogP contribution in [0.5, 0.6) is 11.5 Å². The number of ether oxygens (including phenoxy) is 2. The third-order valence-electron chi connectivity index (χ3n) is 4.74. The monoisotopic (exact) mass is 437 g/mol. The minimum absolute atomic E-state index is 0.317. The highest BCUT2D eigenvalue weighted by Gasteiger charge is 2.12. The molecular weight excluding hydrogens is 416 g/mol. The molecular formula is C23H21F2N5O2. The van der Waals surface area contributed by atoms with Crippen LogP contribution in [0.15, 0.2) is 60.7 Å². The number of halogens is 2. The number of para-hydroxylation sites is 1. The molecule has 0 unspecified atom stereocenters. The van der Waals surface area contributed by atoms with Crippen LogP contribution < -0.4 is 20.1 Å². The van der Waals surface area contributed by atoms with E-state index in [0.29, 0.717) is 41.1 Å². The predicted octanol–water partition coefficient (Wildman–Crippen LogP) is 5.12. The molecule has 3 aromatic carbocycles. The summed E-state index contributed by atoms with van der Waals surface area (Å²) >= 11 is 0. The normalized spacial score (nSPS) is 10.6. The number of rotatable bonds is 8. The van der Waals surface area contributed by atoms with Gasteiger partial charge in [0.25, 0.3) is 0 Å². The number of anilines is 3. The molecule has 3 N–H and O–H groups in total. The molecule has 0 aliphatic carbocycles. The van der Waals surface area contributed by atoms with Gasteiger partial charge in [0.15, 0.2) is 17.5 Å². The topological polar surface area (TPSA) is 84.1 Å². The van der Waals surface area contributed by atoms with Crippen molar-refractivity contribution in [3.05, 3.63) is 77.9 Å². The quantitative estimate of drug-likeness (QED) is 0.355. The number of H-pyrrole nitrogens is 1. The van der Waals surface area contributed by atoms with E-state index in [9.17, 15) is 8.78 Å². The van der Waals surface area contributed by atoms with Crippen LogP contribution in [0.3, 0.4) is 0 Å². The average Bonchev–Trinajstić information content (AvgIpc) is 3.28. The van der Waals surface area contributed by atoms with Crippen LogP contribution in [0.1, 0.15) is 5.56 Å². The zero-order valence-electron chi connectivity index (χ0n) is 17.4. The van der Waals surface area contributed by atoms with Crippen molar-refractivity contribution >= 4 is 17.3 Å². The summed E-state index contributed by atoms with van der Waals surface area (Å²) in [5.41, 5.74) is 2.86. The van der Waals surface area contributed by atoms with E-state index in [1.54, 1.807) is 32.4 Å². The lowest BCUT2D eigenvalue weighted by Gasteiger charge is -2.10. The summed E-state index contributed by atoms with van der Waals surface area (Å²) in [7, 11) is 3.15. The van der Waals surface area contributed by atoms with Gasteiger partial charge >= 0.3 is 0 Å². The second kappa shape index (κ2) is 9.34. The number of aromatic nitrogens is 3. The zero-order valence-corrected chi connectivity index (χ0v) is 17.4. The molecule has 0 aliphatic heterocycles. The highest BCUT2D eigenvalue weighted by Crippen LogP contribution is 2.29. The van der Waals surface area contributed by atoms with Crippen molar-refractivity contribution in [2.45, 2.75) is 6.54 Å². The van der Waals surface area contributed by atoms with E-state index >= 15 is 0 Å². The van der Waals surface area contributed by atoms with Crippen LogP contribution in [0.2, 0.25) is 0 Å². The fourth-order valence-corrected chi connectivity index (χ4v) is 3.14. The average molecular weight is 437 g/mol. The fourth-order valence-electron chi connectivity index (χ4n) is 3.14. The van der Waals surface area contributed by atoms with E-state index < -0.39 is 11.6 Å². The molecule has 4 rings (SSSR count). The van der Waals surface area contributed by atoms with Gasteiger partial charge in [-0.15, -0.1) is 5.10 Å². The number of benzene rings is 3. The molecule has 7 nitrogen and oxygen atoms in total. The van der Waals surface area contributed by atoms with Gasteiger partial charge in [-0.2, -0.15) is 4.98 Å². The van der Waals surface area contributed by atoms with Gasteiger partial charge in [0, 0.05) is 41.7 Å².